The second-order valence-electron chi connectivity index (χ2n) is 4.11. The Morgan fingerprint density at radius 1 is 1.30 bits per heavy atom. The van der Waals surface area contributed by atoms with Crippen molar-refractivity contribution >= 4 is 28.6 Å². The number of anilines is 1. The van der Waals surface area contributed by atoms with E-state index in [-0.39, 0.29) is 0 Å². The summed E-state index contributed by atoms with van der Waals surface area (Å²) in [6.07, 6.45) is 5.23. The van der Waals surface area contributed by atoms with Crippen molar-refractivity contribution < 1.29 is 0 Å². The minimum atomic E-state index is 0.591. The van der Waals surface area contributed by atoms with E-state index in [1.54, 1.807) is 35.0 Å². The first-order chi connectivity index (χ1) is 9.78. The number of aryl methyl sites for hydroxylation is 1. The normalized spacial score (nSPS) is 10.9. The lowest BCUT2D eigenvalue weighted by Gasteiger charge is -2.05. The summed E-state index contributed by atoms with van der Waals surface area (Å²) in [6, 6.07) is 3.91. The fourth-order valence-corrected chi connectivity index (χ4v) is 2.56. The Kier molecular flexibility index (Phi) is 3.48. The molecule has 8 heteroatoms. The number of hydrogen-bond donors (Lipinski definition) is 2. The molecule has 7 nitrogen and oxygen atoms in total. The summed E-state index contributed by atoms with van der Waals surface area (Å²) < 4.78 is 1.71. The molecule has 3 rings (SSSR count). The van der Waals surface area contributed by atoms with Crippen molar-refractivity contribution in [2.75, 3.05) is 5.43 Å². The van der Waals surface area contributed by atoms with E-state index in [0.29, 0.717) is 17.4 Å². The number of nitrogens with one attached hydrogen (secondary N) is 1. The van der Waals surface area contributed by atoms with Crippen molar-refractivity contribution in [1.29, 1.82) is 0 Å². The molecule has 3 heterocycles. The van der Waals surface area contributed by atoms with Crippen LogP contribution in [0.15, 0.2) is 35.6 Å². The number of thioether (sulfide) groups is 1. The molecular formula is C12H13N7S. The molecule has 0 fully saturated rings. The Labute approximate surface area is 119 Å². The maximum atomic E-state index is 5.51. The summed E-state index contributed by atoms with van der Waals surface area (Å²) in [4.78, 5) is 14.0. The Morgan fingerprint density at radius 2 is 2.10 bits per heavy atom. The number of nitrogens with zero attached hydrogens (tertiary/aromatic N) is 5. The zero-order valence-electron chi connectivity index (χ0n) is 10.8. The van der Waals surface area contributed by atoms with Crippen molar-refractivity contribution in [2.24, 2.45) is 12.9 Å². The first-order valence-electron chi connectivity index (χ1n) is 5.96. The molecule has 0 amide bonds. The molecule has 0 atom stereocenters. The van der Waals surface area contributed by atoms with Crippen molar-refractivity contribution in [3.05, 3.63) is 36.5 Å². The molecule has 20 heavy (non-hydrogen) atoms. The summed E-state index contributed by atoms with van der Waals surface area (Å²) >= 11 is 1.65. The molecule has 0 aliphatic rings. The Hall–Kier alpha value is -2.19. The van der Waals surface area contributed by atoms with Gasteiger partial charge in [0.15, 0.2) is 11.5 Å². The Morgan fingerprint density at radius 3 is 2.85 bits per heavy atom. The average molecular weight is 287 g/mol. The number of aromatic nitrogens is 5. The van der Waals surface area contributed by atoms with E-state index < -0.39 is 0 Å². The van der Waals surface area contributed by atoms with Gasteiger partial charge in [0.1, 0.15) is 5.82 Å². The third kappa shape index (κ3) is 2.43. The van der Waals surface area contributed by atoms with Gasteiger partial charge < -0.3 is 5.43 Å². The number of rotatable bonds is 4. The first kappa shape index (κ1) is 12.8. The SMILES string of the molecule is Cn1ncc2c(NN)nc(CSc3ccncc3)nc21. The standard InChI is InChI=1S/C12H13N7S/c1-19-12-9(6-15-19)11(18-13)16-10(17-12)7-20-8-2-4-14-5-3-8/h2-6H,7,13H2,1H3,(H,16,17,18). The fraction of sp³-hybridized carbons (Fsp3) is 0.167. The maximum absolute atomic E-state index is 5.51. The summed E-state index contributed by atoms with van der Waals surface area (Å²) in [7, 11) is 1.84. The van der Waals surface area contributed by atoms with Crippen molar-refractivity contribution in [1.82, 2.24) is 24.7 Å². The van der Waals surface area contributed by atoms with Crippen LogP contribution in [0.4, 0.5) is 5.82 Å². The second-order valence-corrected chi connectivity index (χ2v) is 5.16. The first-order valence-corrected chi connectivity index (χ1v) is 6.94. The topological polar surface area (TPSA) is 94.5 Å². The molecular weight excluding hydrogens is 274 g/mol. The molecule has 0 radical (unpaired) electrons. The van der Waals surface area contributed by atoms with Crippen molar-refractivity contribution in [2.45, 2.75) is 10.6 Å². The molecule has 0 aliphatic heterocycles. The number of hydrogen-bond acceptors (Lipinski definition) is 7. The molecule has 3 N–H and O–H groups in total. The van der Waals surface area contributed by atoms with E-state index in [9.17, 15) is 0 Å². The zero-order valence-corrected chi connectivity index (χ0v) is 11.6. The number of nitrogens with two attached hydrogens (primary N) is 1. The number of nitrogen functional groups attached to an aromatic ring is 1. The second kappa shape index (κ2) is 5.43. The lowest BCUT2D eigenvalue weighted by molar-refractivity contribution is 0.782. The van der Waals surface area contributed by atoms with Crippen LogP contribution >= 0.6 is 11.8 Å². The maximum Gasteiger partial charge on any atom is 0.163 e. The van der Waals surface area contributed by atoms with Gasteiger partial charge in [0.05, 0.1) is 17.3 Å². The molecule has 0 saturated heterocycles. The summed E-state index contributed by atoms with van der Waals surface area (Å²) in [5.74, 6) is 7.46. The highest BCUT2D eigenvalue weighted by atomic mass is 32.2. The molecule has 102 valence electrons. The zero-order chi connectivity index (χ0) is 13.9. The van der Waals surface area contributed by atoms with Crippen LogP contribution in [0.25, 0.3) is 11.0 Å². The molecule has 3 aromatic rings. The van der Waals surface area contributed by atoms with E-state index >= 15 is 0 Å². The van der Waals surface area contributed by atoms with Gasteiger partial charge in [-0.15, -0.1) is 11.8 Å². The highest BCUT2D eigenvalue weighted by Crippen LogP contribution is 2.23. The van der Waals surface area contributed by atoms with Crippen LogP contribution in [0, 0.1) is 0 Å². The van der Waals surface area contributed by atoms with Crippen LogP contribution in [0.1, 0.15) is 5.82 Å². The van der Waals surface area contributed by atoms with Crippen LogP contribution in [-0.2, 0) is 12.8 Å². The fourth-order valence-electron chi connectivity index (χ4n) is 1.82. The number of pyridine rings is 1. The van der Waals surface area contributed by atoms with Gasteiger partial charge in [-0.25, -0.2) is 15.8 Å². The summed E-state index contributed by atoms with van der Waals surface area (Å²) in [6.45, 7) is 0. The van der Waals surface area contributed by atoms with Crippen LogP contribution in [0.3, 0.4) is 0 Å². The van der Waals surface area contributed by atoms with Crippen molar-refractivity contribution in [3.63, 3.8) is 0 Å². The minimum absolute atomic E-state index is 0.591. The van der Waals surface area contributed by atoms with Gasteiger partial charge in [0.2, 0.25) is 0 Å². The Balaban J connectivity index is 1.89. The van der Waals surface area contributed by atoms with E-state index in [1.165, 1.54) is 0 Å². The van der Waals surface area contributed by atoms with Gasteiger partial charge in [-0.2, -0.15) is 5.10 Å². The monoisotopic (exact) mass is 287 g/mol. The van der Waals surface area contributed by atoms with Gasteiger partial charge in [-0.1, -0.05) is 0 Å². The largest absolute Gasteiger partial charge is 0.308 e. The molecule has 0 aromatic carbocycles. The number of fused-ring (bicyclic) bond motifs is 1. The lowest BCUT2D eigenvalue weighted by Crippen LogP contribution is -2.11. The van der Waals surface area contributed by atoms with Gasteiger partial charge >= 0.3 is 0 Å². The van der Waals surface area contributed by atoms with E-state index in [4.69, 9.17) is 5.84 Å². The predicted molar refractivity (Wildman–Crippen MR) is 77.9 cm³/mol. The average Bonchev–Trinajstić information content (AvgIpc) is 2.87. The molecule has 0 aliphatic carbocycles. The molecule has 0 bridgehead atoms. The summed E-state index contributed by atoms with van der Waals surface area (Å²) in [5, 5.41) is 4.98. The highest BCUT2D eigenvalue weighted by molar-refractivity contribution is 7.98. The smallest absolute Gasteiger partial charge is 0.163 e. The molecule has 0 saturated carbocycles. The van der Waals surface area contributed by atoms with Gasteiger partial charge in [-0.3, -0.25) is 9.67 Å². The quantitative estimate of drug-likeness (QED) is 0.424. The van der Waals surface area contributed by atoms with Crippen LogP contribution < -0.4 is 11.3 Å². The third-order valence-corrected chi connectivity index (χ3v) is 3.80. The van der Waals surface area contributed by atoms with E-state index in [1.807, 2.05) is 19.2 Å². The van der Waals surface area contributed by atoms with Gasteiger partial charge in [0, 0.05) is 24.3 Å². The lowest BCUT2D eigenvalue weighted by atomic mass is 10.4. The van der Waals surface area contributed by atoms with E-state index in [2.05, 4.69) is 25.5 Å². The van der Waals surface area contributed by atoms with Gasteiger partial charge in [0.25, 0.3) is 0 Å². The van der Waals surface area contributed by atoms with Gasteiger partial charge in [-0.05, 0) is 12.1 Å². The van der Waals surface area contributed by atoms with E-state index in [0.717, 1.165) is 15.9 Å². The third-order valence-electron chi connectivity index (χ3n) is 2.79. The highest BCUT2D eigenvalue weighted by Gasteiger charge is 2.10. The van der Waals surface area contributed by atoms with Crippen LogP contribution in [-0.4, -0.2) is 24.7 Å². The minimum Gasteiger partial charge on any atom is -0.308 e. The Bertz CT molecular complexity index is 725. The van der Waals surface area contributed by atoms with Crippen molar-refractivity contribution in [3.8, 4) is 0 Å². The molecule has 3 aromatic heterocycles. The predicted octanol–water partition coefficient (Wildman–Crippen LogP) is 1.34. The number of hydrazine groups is 1. The molecule has 0 unspecified atom stereocenters. The molecule has 0 spiro atoms. The van der Waals surface area contributed by atoms with Crippen LogP contribution in [0.5, 0.6) is 0 Å². The summed E-state index contributed by atoms with van der Waals surface area (Å²) in [5.41, 5.74) is 3.36. The van der Waals surface area contributed by atoms with Crippen LogP contribution in [0.2, 0.25) is 0 Å².